The Morgan fingerprint density at radius 1 is 0.218 bits per heavy atom. The van der Waals surface area contributed by atoms with E-state index in [4.69, 9.17) is 5.11 Å². The van der Waals surface area contributed by atoms with Crippen LogP contribution < -0.4 is 0 Å². The molecule has 1 unspecified atom stereocenters. The largest absolute Gasteiger partial charge is 0.480 e. The van der Waals surface area contributed by atoms with Gasteiger partial charge in [-0.25, -0.2) is 0 Å². The molecular formula is C18HF35O2. The average molecular weight is 914 g/mol. The van der Waals surface area contributed by atoms with Crippen molar-refractivity contribution in [1.82, 2.24) is 0 Å². The van der Waals surface area contributed by atoms with Gasteiger partial charge in [-0.2, -0.15) is 154 Å². The summed E-state index contributed by atoms with van der Waals surface area (Å²) in [5, 5.41) is 8.34. The van der Waals surface area contributed by atoms with Gasteiger partial charge < -0.3 is 5.11 Å². The van der Waals surface area contributed by atoms with Gasteiger partial charge in [0.25, 0.3) is 5.41 Å². The Morgan fingerprint density at radius 3 is 0.473 bits per heavy atom. The molecular weight excluding hydrogens is 913 g/mol. The molecule has 0 aromatic rings. The first kappa shape index (κ1) is 52.0. The molecule has 55 heavy (non-hydrogen) atoms. The molecule has 0 heterocycles. The lowest BCUT2D eigenvalue weighted by Crippen LogP contribution is -2.84. The molecule has 1 atom stereocenters. The normalized spacial score (nSPS) is 18.0. The van der Waals surface area contributed by atoms with Crippen LogP contribution in [0.3, 0.4) is 0 Å². The molecule has 0 fully saturated rings. The van der Waals surface area contributed by atoms with Crippen molar-refractivity contribution in [2.24, 2.45) is 5.41 Å². The average Bonchev–Trinajstić information content (AvgIpc) is 2.89. The summed E-state index contributed by atoms with van der Waals surface area (Å²) in [6.45, 7) is 0. The van der Waals surface area contributed by atoms with Crippen molar-refractivity contribution in [1.29, 1.82) is 0 Å². The molecule has 37 heteroatoms. The number of alkyl halides is 35. The second-order valence-electron chi connectivity index (χ2n) is 10.0. The van der Waals surface area contributed by atoms with Crippen molar-refractivity contribution < 1.29 is 164 Å². The fraction of sp³-hybridized carbons (Fsp3) is 0.944. The highest BCUT2D eigenvalue weighted by atomic mass is 19.5. The van der Waals surface area contributed by atoms with Crippen LogP contribution in [0.1, 0.15) is 0 Å². The highest BCUT2D eigenvalue weighted by Crippen LogP contribution is 2.74. The molecule has 0 aromatic heterocycles. The fourth-order valence-electron chi connectivity index (χ4n) is 3.61. The van der Waals surface area contributed by atoms with Gasteiger partial charge in [0.2, 0.25) is 0 Å². The Bertz CT molecular complexity index is 1440. The van der Waals surface area contributed by atoms with Gasteiger partial charge in [0.1, 0.15) is 0 Å². The Morgan fingerprint density at radius 2 is 0.345 bits per heavy atom. The molecule has 0 aliphatic heterocycles. The summed E-state index contributed by atoms with van der Waals surface area (Å²) in [5.41, 5.74) is -10.8. The maximum absolute atomic E-state index is 14.8. The van der Waals surface area contributed by atoms with Gasteiger partial charge in [-0.15, -0.1) is 0 Å². The third-order valence-electron chi connectivity index (χ3n) is 6.75. The van der Waals surface area contributed by atoms with Gasteiger partial charge >= 0.3 is 101 Å². The molecule has 0 aliphatic rings. The molecule has 1 N–H and O–H groups in total. The van der Waals surface area contributed by atoms with Crippen molar-refractivity contribution >= 4 is 5.97 Å². The number of hydrogen-bond donors (Lipinski definition) is 1. The van der Waals surface area contributed by atoms with Crippen molar-refractivity contribution in [3.8, 4) is 0 Å². The third kappa shape index (κ3) is 5.67. The van der Waals surface area contributed by atoms with Crippen molar-refractivity contribution in [2.75, 3.05) is 0 Å². The molecule has 0 aliphatic carbocycles. The van der Waals surface area contributed by atoms with Crippen LogP contribution in [0.15, 0.2) is 0 Å². The van der Waals surface area contributed by atoms with E-state index in [0.717, 1.165) is 0 Å². The number of carboxylic acid groups (broad SMARTS) is 1. The first-order chi connectivity index (χ1) is 22.9. The van der Waals surface area contributed by atoms with Gasteiger partial charge in [-0.05, 0) is 0 Å². The number of aliphatic carboxylic acids is 1. The SMILES string of the molecule is O=C(O)C(C(F)(F)C(F)(F)F)(C(F)(F)C(F)(F)C(F)(F)C(F)(F)C(F)(F)C(F)(F)F)C(F)(F)C(F)(F)C(F)(F)C(F)(F)C(F)(F)C(F)(F)C(F)(F)C(F)(F)F. The van der Waals surface area contributed by atoms with E-state index in [1.165, 1.54) is 0 Å². The molecule has 0 saturated carbocycles. The number of carbonyl (C=O) groups is 1. The van der Waals surface area contributed by atoms with E-state index in [1.54, 1.807) is 0 Å². The zero-order valence-electron chi connectivity index (χ0n) is 23.1. The number of halogens is 35. The molecule has 0 spiro atoms. The Labute approximate surface area is 272 Å². The summed E-state index contributed by atoms with van der Waals surface area (Å²) >= 11 is 0. The molecule has 2 nitrogen and oxygen atoms in total. The molecule has 0 radical (unpaired) electrons. The van der Waals surface area contributed by atoms with E-state index in [9.17, 15) is 158 Å². The van der Waals surface area contributed by atoms with Gasteiger partial charge in [0, 0.05) is 0 Å². The molecule has 0 amide bonds. The number of rotatable bonds is 14. The standard InChI is InChI=1S/C18HF35O2/c19-3(20,6(25,26)8(29,30)10(33,34)11(35,36)13(39,40)15(43,44)18(51,52)53)2(1(54)55,5(23,24)16(45,46)47)4(21,22)7(27,28)9(31,32)12(37,38)14(41,42)17(48,49)50/h(H,54,55). The summed E-state index contributed by atoms with van der Waals surface area (Å²) in [7, 11) is 0. The van der Waals surface area contributed by atoms with E-state index >= 15 is 0 Å². The second-order valence-corrected chi connectivity index (χ2v) is 10.0. The number of hydrogen-bond acceptors (Lipinski definition) is 1. The van der Waals surface area contributed by atoms with Crippen molar-refractivity contribution in [3.63, 3.8) is 0 Å². The van der Waals surface area contributed by atoms with Crippen LogP contribution in [0.2, 0.25) is 0 Å². The molecule has 0 saturated heterocycles. The van der Waals surface area contributed by atoms with E-state index in [-0.39, 0.29) is 0 Å². The summed E-state index contributed by atoms with van der Waals surface area (Å²) in [6.07, 6.45) is -26.7. The van der Waals surface area contributed by atoms with E-state index < -0.39 is 107 Å². The van der Waals surface area contributed by atoms with Crippen LogP contribution in [-0.4, -0.2) is 107 Å². The monoisotopic (exact) mass is 914 g/mol. The maximum Gasteiger partial charge on any atom is 0.460 e. The Hall–Kier alpha value is -2.98. The second kappa shape index (κ2) is 12.3. The van der Waals surface area contributed by atoms with Gasteiger partial charge in [-0.1, -0.05) is 0 Å². The Balaban J connectivity index is 9.00. The minimum atomic E-state index is -11.0. The topological polar surface area (TPSA) is 37.3 Å². The minimum Gasteiger partial charge on any atom is -0.480 e. The lowest BCUT2D eigenvalue weighted by Gasteiger charge is -2.52. The van der Waals surface area contributed by atoms with Crippen LogP contribution in [-0.2, 0) is 4.79 Å². The van der Waals surface area contributed by atoms with Gasteiger partial charge in [-0.3, -0.25) is 4.79 Å². The summed E-state index contributed by atoms with van der Waals surface area (Å²) in [6, 6.07) is 0. The van der Waals surface area contributed by atoms with Gasteiger partial charge in [0.05, 0.1) is 0 Å². The highest BCUT2D eigenvalue weighted by molar-refractivity contribution is 5.80. The molecule has 0 rings (SSSR count). The molecule has 330 valence electrons. The third-order valence-corrected chi connectivity index (χ3v) is 6.75. The number of carboxylic acids is 1. The van der Waals surface area contributed by atoms with Crippen molar-refractivity contribution in [2.45, 2.75) is 95.5 Å². The summed E-state index contributed by atoms with van der Waals surface area (Å²) in [4.78, 5) is 11.1. The minimum absolute atomic E-state index is 6.77. The van der Waals surface area contributed by atoms with Gasteiger partial charge in [0.15, 0.2) is 0 Å². The zero-order valence-corrected chi connectivity index (χ0v) is 23.1. The first-order valence-electron chi connectivity index (χ1n) is 11.3. The van der Waals surface area contributed by atoms with Crippen molar-refractivity contribution in [3.05, 3.63) is 0 Å². The first-order valence-corrected chi connectivity index (χ1v) is 11.3. The fourth-order valence-corrected chi connectivity index (χ4v) is 3.61. The van der Waals surface area contributed by atoms with E-state index in [1.807, 2.05) is 0 Å². The van der Waals surface area contributed by atoms with Crippen LogP contribution in [0.25, 0.3) is 0 Å². The van der Waals surface area contributed by atoms with Crippen LogP contribution in [0.5, 0.6) is 0 Å². The van der Waals surface area contributed by atoms with Crippen LogP contribution in [0, 0.1) is 5.41 Å². The molecule has 0 aromatic carbocycles. The quantitative estimate of drug-likeness (QED) is 0.176. The van der Waals surface area contributed by atoms with E-state index in [2.05, 4.69) is 0 Å². The van der Waals surface area contributed by atoms with E-state index in [0.29, 0.717) is 0 Å². The maximum atomic E-state index is 14.8. The smallest absolute Gasteiger partial charge is 0.460 e. The summed E-state index contributed by atoms with van der Waals surface area (Å²) in [5.74, 6) is -139. The summed E-state index contributed by atoms with van der Waals surface area (Å²) < 4.78 is 473. The predicted molar refractivity (Wildman–Crippen MR) is 92.5 cm³/mol. The predicted octanol–water partition coefficient (Wildman–Crippen LogP) is 11.0. The van der Waals surface area contributed by atoms with Crippen LogP contribution in [0.4, 0.5) is 154 Å². The highest BCUT2D eigenvalue weighted by Gasteiger charge is 3.06. The Kier molecular flexibility index (Phi) is 11.6. The van der Waals surface area contributed by atoms with Crippen LogP contribution >= 0.6 is 0 Å². The molecule has 0 bridgehead atoms. The lowest BCUT2D eigenvalue weighted by atomic mass is 9.63. The zero-order chi connectivity index (χ0) is 46.1. The lowest BCUT2D eigenvalue weighted by molar-refractivity contribution is -0.498.